The number of benzene rings is 2. The number of aromatic nitrogens is 2. The molecule has 174 valence electrons. The Morgan fingerprint density at radius 2 is 1.59 bits per heavy atom. The van der Waals surface area contributed by atoms with Crippen molar-refractivity contribution in [3.05, 3.63) is 89.2 Å². The first-order valence-corrected chi connectivity index (χ1v) is 10.5. The Hall–Kier alpha value is -4.18. The van der Waals surface area contributed by atoms with Gasteiger partial charge in [-0.15, -0.1) is 0 Å². The molecule has 2 N–H and O–H groups in total. The van der Waals surface area contributed by atoms with Crippen LogP contribution < -0.4 is 10.4 Å². The molecule has 1 saturated heterocycles. The van der Waals surface area contributed by atoms with Crippen molar-refractivity contribution >= 4 is 29.4 Å². The normalized spacial score (nSPS) is 14.1. The standard InChI is InChI=1S/C24H21F2N5O3/c25-19-6-4-16(5-7-19)12-21(17-2-1-3-20(26)13-17)23(33)30-8-10-31(11-9-30)24-27-14-18(15-28-24)22(32)29-34/h1-7,12-15,34H,8-11H2,(H,29,32). The van der Waals surface area contributed by atoms with Crippen molar-refractivity contribution in [2.45, 2.75) is 0 Å². The SMILES string of the molecule is O=C(NO)c1cnc(N2CCN(C(=O)C(=Cc3ccc(F)cc3)c3cccc(F)c3)CC2)nc1. The molecule has 0 radical (unpaired) electrons. The molecule has 2 aromatic carbocycles. The van der Waals surface area contributed by atoms with Crippen LogP contribution in [0, 0.1) is 11.6 Å². The van der Waals surface area contributed by atoms with Gasteiger partial charge in [-0.05, 0) is 41.5 Å². The van der Waals surface area contributed by atoms with Crippen LogP contribution in [0.2, 0.25) is 0 Å². The summed E-state index contributed by atoms with van der Waals surface area (Å²) in [5.74, 6) is -1.44. The number of anilines is 1. The Labute approximate surface area is 194 Å². The van der Waals surface area contributed by atoms with E-state index in [-0.39, 0.29) is 17.3 Å². The maximum Gasteiger partial charge on any atom is 0.277 e. The van der Waals surface area contributed by atoms with Crippen LogP contribution in [-0.4, -0.2) is 58.1 Å². The summed E-state index contributed by atoms with van der Waals surface area (Å²) in [6.07, 6.45) is 4.23. The van der Waals surface area contributed by atoms with Crippen LogP contribution >= 0.6 is 0 Å². The highest BCUT2D eigenvalue weighted by Crippen LogP contribution is 2.23. The minimum atomic E-state index is -0.709. The van der Waals surface area contributed by atoms with Gasteiger partial charge in [0.1, 0.15) is 11.6 Å². The van der Waals surface area contributed by atoms with Gasteiger partial charge in [0.15, 0.2) is 0 Å². The smallest absolute Gasteiger partial charge is 0.277 e. The van der Waals surface area contributed by atoms with Crippen molar-refractivity contribution < 1.29 is 23.6 Å². The molecule has 1 fully saturated rings. The van der Waals surface area contributed by atoms with Gasteiger partial charge in [-0.3, -0.25) is 14.8 Å². The zero-order valence-corrected chi connectivity index (χ0v) is 18.0. The largest absolute Gasteiger partial charge is 0.337 e. The van der Waals surface area contributed by atoms with Gasteiger partial charge in [-0.1, -0.05) is 24.3 Å². The van der Waals surface area contributed by atoms with Gasteiger partial charge >= 0.3 is 0 Å². The summed E-state index contributed by atoms with van der Waals surface area (Å²) in [6.45, 7) is 1.64. The van der Waals surface area contributed by atoms with Crippen LogP contribution in [0.15, 0.2) is 60.9 Å². The van der Waals surface area contributed by atoms with Gasteiger partial charge in [0.2, 0.25) is 5.95 Å². The van der Waals surface area contributed by atoms with Crippen molar-refractivity contribution in [3.63, 3.8) is 0 Å². The number of carbonyl (C=O) groups is 2. The zero-order chi connectivity index (χ0) is 24.1. The van der Waals surface area contributed by atoms with E-state index in [4.69, 9.17) is 5.21 Å². The maximum absolute atomic E-state index is 13.9. The molecule has 0 atom stereocenters. The van der Waals surface area contributed by atoms with E-state index in [0.717, 1.165) is 0 Å². The lowest BCUT2D eigenvalue weighted by atomic mass is 10.0. The fourth-order valence-corrected chi connectivity index (χ4v) is 3.60. The molecular weight excluding hydrogens is 444 g/mol. The van der Waals surface area contributed by atoms with E-state index >= 15 is 0 Å². The number of piperazine rings is 1. The third-order valence-corrected chi connectivity index (χ3v) is 5.40. The topological polar surface area (TPSA) is 98.7 Å². The van der Waals surface area contributed by atoms with Gasteiger partial charge in [-0.2, -0.15) is 0 Å². The molecule has 0 saturated carbocycles. The van der Waals surface area contributed by atoms with E-state index in [0.29, 0.717) is 48.8 Å². The molecule has 0 aliphatic carbocycles. The molecule has 0 bridgehead atoms. The molecule has 2 heterocycles. The molecule has 4 rings (SSSR count). The van der Waals surface area contributed by atoms with Crippen molar-refractivity contribution in [2.24, 2.45) is 0 Å². The van der Waals surface area contributed by atoms with Crippen LogP contribution in [0.3, 0.4) is 0 Å². The average Bonchev–Trinajstić information content (AvgIpc) is 2.87. The number of nitrogens with one attached hydrogen (secondary N) is 1. The Morgan fingerprint density at radius 1 is 0.912 bits per heavy atom. The molecule has 34 heavy (non-hydrogen) atoms. The molecule has 1 aliphatic heterocycles. The third-order valence-electron chi connectivity index (χ3n) is 5.40. The molecule has 1 aliphatic rings. The molecule has 0 unspecified atom stereocenters. The fraction of sp³-hybridized carbons (Fsp3) is 0.167. The number of hydrogen-bond donors (Lipinski definition) is 2. The van der Waals surface area contributed by atoms with E-state index in [9.17, 15) is 18.4 Å². The summed E-state index contributed by atoms with van der Waals surface area (Å²) in [7, 11) is 0. The van der Waals surface area contributed by atoms with Crippen LogP contribution in [0.1, 0.15) is 21.5 Å². The predicted molar refractivity (Wildman–Crippen MR) is 121 cm³/mol. The van der Waals surface area contributed by atoms with Crippen molar-refractivity contribution in [1.82, 2.24) is 20.3 Å². The first-order valence-electron chi connectivity index (χ1n) is 10.5. The number of nitrogens with zero attached hydrogens (tertiary/aromatic N) is 4. The molecule has 10 heteroatoms. The number of hydrogen-bond acceptors (Lipinski definition) is 6. The molecule has 3 aromatic rings. The highest BCUT2D eigenvalue weighted by molar-refractivity contribution is 6.24. The highest BCUT2D eigenvalue weighted by Gasteiger charge is 2.26. The van der Waals surface area contributed by atoms with Crippen LogP contribution in [0.5, 0.6) is 0 Å². The second-order valence-electron chi connectivity index (χ2n) is 7.61. The number of halogens is 2. The quantitative estimate of drug-likeness (QED) is 0.260. The van der Waals surface area contributed by atoms with Crippen LogP contribution in [-0.2, 0) is 4.79 Å². The number of amides is 2. The van der Waals surface area contributed by atoms with E-state index in [2.05, 4.69) is 9.97 Å². The third kappa shape index (κ3) is 5.24. The van der Waals surface area contributed by atoms with Gasteiger partial charge in [0.05, 0.1) is 5.56 Å². The maximum atomic E-state index is 13.9. The lowest BCUT2D eigenvalue weighted by Gasteiger charge is -2.35. The Bertz CT molecular complexity index is 1210. The van der Waals surface area contributed by atoms with E-state index in [1.165, 1.54) is 48.2 Å². The first kappa shape index (κ1) is 23.0. The van der Waals surface area contributed by atoms with E-state index in [1.807, 2.05) is 4.90 Å². The fourth-order valence-electron chi connectivity index (χ4n) is 3.60. The van der Waals surface area contributed by atoms with Gasteiger partial charge < -0.3 is 9.80 Å². The monoisotopic (exact) mass is 465 g/mol. The lowest BCUT2D eigenvalue weighted by molar-refractivity contribution is -0.125. The Balaban J connectivity index is 1.51. The number of hydroxylamine groups is 1. The summed E-state index contributed by atoms with van der Waals surface area (Å²) < 4.78 is 27.2. The zero-order valence-electron chi connectivity index (χ0n) is 18.0. The van der Waals surface area contributed by atoms with Gasteiger partial charge in [-0.25, -0.2) is 24.2 Å². The first-order chi connectivity index (χ1) is 16.4. The summed E-state index contributed by atoms with van der Waals surface area (Å²) in [6, 6.07) is 11.5. The summed E-state index contributed by atoms with van der Waals surface area (Å²) in [5.41, 5.74) is 2.99. The molecule has 1 aromatic heterocycles. The van der Waals surface area contributed by atoms with E-state index in [1.54, 1.807) is 29.2 Å². The number of carbonyl (C=O) groups excluding carboxylic acids is 2. The van der Waals surface area contributed by atoms with E-state index < -0.39 is 11.7 Å². The molecule has 2 amide bonds. The Kier molecular flexibility index (Phi) is 6.88. The summed E-state index contributed by atoms with van der Waals surface area (Å²) in [5, 5.41) is 8.69. The van der Waals surface area contributed by atoms with Crippen molar-refractivity contribution in [1.29, 1.82) is 0 Å². The van der Waals surface area contributed by atoms with Crippen LogP contribution in [0.4, 0.5) is 14.7 Å². The summed E-state index contributed by atoms with van der Waals surface area (Å²) in [4.78, 5) is 36.7. The number of rotatable bonds is 5. The highest BCUT2D eigenvalue weighted by atomic mass is 19.1. The Morgan fingerprint density at radius 3 is 2.21 bits per heavy atom. The van der Waals surface area contributed by atoms with Crippen molar-refractivity contribution in [3.8, 4) is 0 Å². The second kappa shape index (κ2) is 10.2. The lowest BCUT2D eigenvalue weighted by Crippen LogP contribution is -2.49. The second-order valence-corrected chi connectivity index (χ2v) is 7.61. The molecule has 8 nitrogen and oxygen atoms in total. The predicted octanol–water partition coefficient (Wildman–Crippen LogP) is 2.76. The minimum Gasteiger partial charge on any atom is -0.337 e. The molecular formula is C24H21F2N5O3. The van der Waals surface area contributed by atoms with Gasteiger partial charge in [0.25, 0.3) is 11.8 Å². The molecule has 0 spiro atoms. The average molecular weight is 465 g/mol. The summed E-state index contributed by atoms with van der Waals surface area (Å²) >= 11 is 0. The van der Waals surface area contributed by atoms with Gasteiger partial charge in [0, 0.05) is 44.1 Å². The minimum absolute atomic E-state index is 0.116. The van der Waals surface area contributed by atoms with Crippen LogP contribution in [0.25, 0.3) is 11.6 Å². The van der Waals surface area contributed by atoms with Crippen molar-refractivity contribution in [2.75, 3.05) is 31.1 Å².